The SMILES string of the molecule is COc1ccc(NC(=O)Nc2ccc3c(c2)C(=O)N([C@@H](C)CO)C[C@@H](C)[C@H](CN(C)Cc2ccncc2)OCCCC[C@H](C)O3)cc1. The Kier molecular flexibility index (Phi) is 13.4. The van der Waals surface area contributed by atoms with Crippen molar-refractivity contribution in [3.8, 4) is 11.5 Å². The van der Waals surface area contributed by atoms with Crippen LogP contribution in [0, 0.1) is 5.92 Å². The molecule has 11 heteroatoms. The van der Waals surface area contributed by atoms with Gasteiger partial charge in [-0.1, -0.05) is 6.92 Å². The number of benzene rings is 2. The molecule has 0 fully saturated rings. The third-order valence-corrected chi connectivity index (χ3v) is 8.35. The first-order valence-corrected chi connectivity index (χ1v) is 16.3. The van der Waals surface area contributed by atoms with E-state index in [0.29, 0.717) is 48.1 Å². The van der Waals surface area contributed by atoms with Crippen LogP contribution in [0.5, 0.6) is 11.5 Å². The highest BCUT2D eigenvalue weighted by Crippen LogP contribution is 2.29. The van der Waals surface area contributed by atoms with Gasteiger partial charge in [-0.2, -0.15) is 0 Å². The van der Waals surface area contributed by atoms with Gasteiger partial charge in [-0.05, 0) is 100 Å². The number of hydrogen-bond donors (Lipinski definition) is 3. The largest absolute Gasteiger partial charge is 0.497 e. The molecule has 0 bridgehead atoms. The number of aromatic nitrogens is 1. The van der Waals surface area contributed by atoms with Crippen molar-refractivity contribution in [2.24, 2.45) is 5.92 Å². The van der Waals surface area contributed by atoms with Crippen molar-refractivity contribution in [2.45, 2.75) is 64.8 Å². The number of amides is 3. The summed E-state index contributed by atoms with van der Waals surface area (Å²) in [5.74, 6) is 0.783. The van der Waals surface area contributed by atoms with E-state index in [-0.39, 0.29) is 30.6 Å². The summed E-state index contributed by atoms with van der Waals surface area (Å²) in [7, 11) is 3.64. The molecule has 0 saturated heterocycles. The highest BCUT2D eigenvalue weighted by molar-refractivity contribution is 6.02. The lowest BCUT2D eigenvalue weighted by atomic mass is 10.0. The van der Waals surface area contributed by atoms with Crippen LogP contribution in [0.3, 0.4) is 0 Å². The average Bonchev–Trinajstić information content (AvgIpc) is 3.06. The Bertz CT molecular complexity index is 1420. The van der Waals surface area contributed by atoms with Crippen LogP contribution < -0.4 is 20.1 Å². The van der Waals surface area contributed by atoms with E-state index in [1.54, 1.807) is 66.9 Å². The van der Waals surface area contributed by atoms with Crippen molar-refractivity contribution in [2.75, 3.05) is 51.1 Å². The first-order valence-electron chi connectivity index (χ1n) is 16.3. The average molecular weight is 648 g/mol. The molecular formula is C36H49N5O6. The van der Waals surface area contributed by atoms with E-state index in [1.807, 2.05) is 26.0 Å². The van der Waals surface area contributed by atoms with Gasteiger partial charge in [0, 0.05) is 55.9 Å². The number of ether oxygens (including phenoxy) is 3. The molecule has 1 aliphatic heterocycles. The zero-order chi connectivity index (χ0) is 33.8. The van der Waals surface area contributed by atoms with Crippen LogP contribution in [0.1, 0.15) is 56.0 Å². The lowest BCUT2D eigenvalue weighted by Crippen LogP contribution is -2.47. The van der Waals surface area contributed by atoms with Crippen LogP contribution >= 0.6 is 0 Å². The Morgan fingerprint density at radius 1 is 1.09 bits per heavy atom. The Morgan fingerprint density at radius 3 is 2.49 bits per heavy atom. The summed E-state index contributed by atoms with van der Waals surface area (Å²) in [6.07, 6.45) is 5.89. The van der Waals surface area contributed by atoms with Crippen molar-refractivity contribution in [1.29, 1.82) is 0 Å². The fraction of sp³-hybridized carbons (Fsp3) is 0.472. The van der Waals surface area contributed by atoms with E-state index >= 15 is 0 Å². The molecule has 3 N–H and O–H groups in total. The standard InChI is InChI=1S/C36H49N5O6/c1-25-21-41(26(2)24-42)35(43)32-20-30(39-36(44)38-29-9-12-31(45-5)13-10-29)11-14-33(32)47-27(3)8-6-7-19-46-34(25)23-40(4)22-28-15-17-37-18-16-28/h9-18,20,25-27,34,42H,6-8,19,21-24H2,1-5H3,(H2,38,39,44)/t25-,26+,27+,34+/m1/s1. The summed E-state index contributed by atoms with van der Waals surface area (Å²) >= 11 is 0. The summed E-state index contributed by atoms with van der Waals surface area (Å²) in [5, 5.41) is 15.9. The van der Waals surface area contributed by atoms with Crippen LogP contribution in [-0.4, -0.2) is 90.5 Å². The lowest BCUT2D eigenvalue weighted by molar-refractivity contribution is -0.0177. The molecule has 11 nitrogen and oxygen atoms in total. The molecule has 0 saturated carbocycles. The maximum Gasteiger partial charge on any atom is 0.323 e. The summed E-state index contributed by atoms with van der Waals surface area (Å²) in [6, 6.07) is 15.2. The minimum Gasteiger partial charge on any atom is -0.497 e. The number of carbonyl (C=O) groups excluding carboxylic acids is 2. The molecule has 0 radical (unpaired) electrons. The number of hydrogen-bond acceptors (Lipinski definition) is 8. The number of nitrogens with one attached hydrogen (secondary N) is 2. The molecule has 2 heterocycles. The first kappa shape index (κ1) is 35.7. The lowest BCUT2D eigenvalue weighted by Gasteiger charge is -2.36. The van der Waals surface area contributed by atoms with Crippen LogP contribution in [0.4, 0.5) is 16.2 Å². The quantitative estimate of drug-likeness (QED) is 0.272. The summed E-state index contributed by atoms with van der Waals surface area (Å²) < 4.78 is 18.0. The van der Waals surface area contributed by atoms with Crippen LogP contribution in [-0.2, 0) is 11.3 Å². The van der Waals surface area contributed by atoms with Gasteiger partial charge in [-0.3, -0.25) is 14.7 Å². The number of likely N-dealkylation sites (N-methyl/N-ethyl adjacent to an activating group) is 1. The molecule has 254 valence electrons. The number of methoxy groups -OCH3 is 1. The number of fused-ring (bicyclic) bond motifs is 1. The first-order chi connectivity index (χ1) is 22.7. The van der Waals surface area contributed by atoms with Gasteiger partial charge >= 0.3 is 6.03 Å². The molecular weight excluding hydrogens is 598 g/mol. The van der Waals surface area contributed by atoms with Crippen LogP contribution in [0.2, 0.25) is 0 Å². The zero-order valence-electron chi connectivity index (χ0n) is 28.1. The van der Waals surface area contributed by atoms with Crippen molar-refractivity contribution < 1.29 is 28.9 Å². The number of nitrogens with zero attached hydrogens (tertiary/aromatic N) is 3. The van der Waals surface area contributed by atoms with Crippen LogP contribution in [0.25, 0.3) is 0 Å². The van der Waals surface area contributed by atoms with E-state index < -0.39 is 12.1 Å². The van der Waals surface area contributed by atoms with Crippen LogP contribution in [0.15, 0.2) is 67.0 Å². The molecule has 0 spiro atoms. The minimum atomic E-state index is -0.465. The number of aliphatic hydroxyl groups is 1. The number of anilines is 2. The van der Waals surface area contributed by atoms with Gasteiger partial charge in [0.2, 0.25) is 0 Å². The van der Waals surface area contributed by atoms with E-state index in [0.717, 1.165) is 31.4 Å². The van der Waals surface area contributed by atoms with Gasteiger partial charge in [-0.15, -0.1) is 0 Å². The second-order valence-electron chi connectivity index (χ2n) is 12.4. The van der Waals surface area contributed by atoms with Gasteiger partial charge in [-0.25, -0.2) is 4.79 Å². The fourth-order valence-electron chi connectivity index (χ4n) is 5.60. The summed E-state index contributed by atoms with van der Waals surface area (Å²) in [4.78, 5) is 35.3. The number of rotatable bonds is 9. The molecule has 2 aromatic carbocycles. The zero-order valence-corrected chi connectivity index (χ0v) is 28.1. The van der Waals surface area contributed by atoms with E-state index in [4.69, 9.17) is 14.2 Å². The number of pyridine rings is 1. The number of carbonyl (C=O) groups is 2. The third-order valence-electron chi connectivity index (χ3n) is 8.35. The predicted octanol–water partition coefficient (Wildman–Crippen LogP) is 5.66. The molecule has 0 unspecified atom stereocenters. The third kappa shape index (κ3) is 10.7. The highest BCUT2D eigenvalue weighted by atomic mass is 16.5. The Balaban J connectivity index is 1.57. The van der Waals surface area contributed by atoms with Crippen molar-refractivity contribution in [3.05, 3.63) is 78.1 Å². The summed E-state index contributed by atoms with van der Waals surface area (Å²) in [5.41, 5.74) is 2.50. The van der Waals surface area contributed by atoms with E-state index in [1.165, 1.54) is 0 Å². The minimum absolute atomic E-state index is 0.0457. The van der Waals surface area contributed by atoms with E-state index in [2.05, 4.69) is 34.5 Å². The molecule has 4 atom stereocenters. The normalized spacial score (nSPS) is 20.0. The van der Waals surface area contributed by atoms with Crippen molar-refractivity contribution >= 4 is 23.3 Å². The van der Waals surface area contributed by atoms with Gasteiger partial charge in [0.25, 0.3) is 5.91 Å². The Labute approximate surface area is 278 Å². The number of urea groups is 1. The topological polar surface area (TPSA) is 125 Å². The smallest absolute Gasteiger partial charge is 0.323 e. The second-order valence-corrected chi connectivity index (χ2v) is 12.4. The highest BCUT2D eigenvalue weighted by Gasteiger charge is 2.30. The molecule has 3 aromatic rings. The second kappa shape index (κ2) is 17.7. The summed E-state index contributed by atoms with van der Waals surface area (Å²) in [6.45, 7) is 8.08. The molecule has 3 amide bonds. The van der Waals surface area contributed by atoms with Crippen molar-refractivity contribution in [3.63, 3.8) is 0 Å². The molecule has 0 aliphatic carbocycles. The predicted molar refractivity (Wildman–Crippen MR) is 183 cm³/mol. The molecule has 4 rings (SSSR count). The number of aliphatic hydroxyl groups excluding tert-OH is 1. The molecule has 1 aromatic heterocycles. The van der Waals surface area contributed by atoms with Gasteiger partial charge < -0.3 is 34.9 Å². The van der Waals surface area contributed by atoms with Crippen molar-refractivity contribution in [1.82, 2.24) is 14.8 Å². The van der Waals surface area contributed by atoms with Gasteiger partial charge in [0.15, 0.2) is 0 Å². The Morgan fingerprint density at radius 2 is 1.79 bits per heavy atom. The van der Waals surface area contributed by atoms with E-state index in [9.17, 15) is 14.7 Å². The monoisotopic (exact) mass is 647 g/mol. The fourth-order valence-corrected chi connectivity index (χ4v) is 5.60. The maximum atomic E-state index is 14.4. The van der Waals surface area contributed by atoms with Gasteiger partial charge in [0.05, 0.1) is 37.5 Å². The molecule has 1 aliphatic rings. The molecule has 47 heavy (non-hydrogen) atoms. The maximum absolute atomic E-state index is 14.4. The van der Waals surface area contributed by atoms with Gasteiger partial charge in [0.1, 0.15) is 11.5 Å². The Hall–Kier alpha value is -4.19.